The van der Waals surface area contributed by atoms with Gasteiger partial charge < -0.3 is 15.7 Å². The Labute approximate surface area is 141 Å². The van der Waals surface area contributed by atoms with Crippen LogP contribution in [0.2, 0.25) is 0 Å². The van der Waals surface area contributed by atoms with Crippen molar-refractivity contribution in [2.24, 2.45) is 5.41 Å². The van der Waals surface area contributed by atoms with Crippen LogP contribution in [0.5, 0.6) is 0 Å². The molecule has 2 rings (SSSR count). The Hall–Kier alpha value is -2.15. The fourth-order valence-electron chi connectivity index (χ4n) is 2.34. The van der Waals surface area contributed by atoms with E-state index >= 15 is 0 Å². The quantitative estimate of drug-likeness (QED) is 0.366. The first kappa shape index (κ1) is 18.2. The maximum atomic E-state index is 12.2. The number of nitro groups is 1. The number of hydrogen-bond donors (Lipinski definition) is 3. The lowest BCUT2D eigenvalue weighted by molar-refractivity contribution is -0.384. The second kappa shape index (κ2) is 7.61. The van der Waals surface area contributed by atoms with Gasteiger partial charge in [-0.2, -0.15) is 0 Å². The highest BCUT2D eigenvalue weighted by atomic mass is 16.6. The molecule has 3 N–H and O–H groups in total. The molecule has 0 unspecified atom stereocenters. The van der Waals surface area contributed by atoms with Crippen LogP contribution in [0.1, 0.15) is 49.9 Å². The molecule has 0 aromatic heterocycles. The number of anilines is 1. The Bertz CT molecular complexity index is 612. The van der Waals surface area contributed by atoms with Gasteiger partial charge in [-0.3, -0.25) is 14.9 Å². The molecule has 1 saturated carbocycles. The summed E-state index contributed by atoms with van der Waals surface area (Å²) in [5.41, 5.74) is 0.504. The van der Waals surface area contributed by atoms with Crippen molar-refractivity contribution in [3.63, 3.8) is 0 Å². The molecular weight excluding hydrogens is 310 g/mol. The van der Waals surface area contributed by atoms with Gasteiger partial charge in [0, 0.05) is 30.8 Å². The molecule has 7 nitrogen and oxygen atoms in total. The Morgan fingerprint density at radius 1 is 1.42 bits per heavy atom. The third kappa shape index (κ3) is 5.19. The molecule has 0 spiro atoms. The molecular formula is C17H25N3O4. The van der Waals surface area contributed by atoms with Gasteiger partial charge in [0.05, 0.1) is 4.92 Å². The minimum absolute atomic E-state index is 0.0732. The van der Waals surface area contributed by atoms with Gasteiger partial charge in [0.15, 0.2) is 0 Å². The minimum atomic E-state index is -0.467. The van der Waals surface area contributed by atoms with Gasteiger partial charge >= 0.3 is 0 Å². The average molecular weight is 335 g/mol. The Morgan fingerprint density at radius 2 is 2.12 bits per heavy atom. The summed E-state index contributed by atoms with van der Waals surface area (Å²) in [7, 11) is 0. The van der Waals surface area contributed by atoms with E-state index in [1.54, 1.807) is 12.1 Å². The third-order valence-electron chi connectivity index (χ3n) is 4.14. The summed E-state index contributed by atoms with van der Waals surface area (Å²) in [5, 5.41) is 26.3. The minimum Gasteiger partial charge on any atom is -0.396 e. The number of amides is 1. The van der Waals surface area contributed by atoms with Crippen LogP contribution in [-0.2, 0) is 0 Å². The van der Waals surface area contributed by atoms with Gasteiger partial charge in [0.2, 0.25) is 0 Å². The van der Waals surface area contributed by atoms with Gasteiger partial charge in [0.25, 0.3) is 11.6 Å². The van der Waals surface area contributed by atoms with Crippen molar-refractivity contribution in [2.75, 3.05) is 18.5 Å². The van der Waals surface area contributed by atoms with E-state index < -0.39 is 4.92 Å². The molecule has 1 aromatic rings. The Balaban J connectivity index is 1.94. The fourth-order valence-corrected chi connectivity index (χ4v) is 2.34. The SMILES string of the molecule is CC(C)(CO)CCCNC(=O)c1ccc(NC2CC2)c([N+](=O)[O-])c1. The van der Waals surface area contributed by atoms with Crippen LogP contribution in [0.15, 0.2) is 18.2 Å². The number of benzene rings is 1. The van der Waals surface area contributed by atoms with Crippen LogP contribution in [0.3, 0.4) is 0 Å². The number of carbonyl (C=O) groups excluding carboxylic acids is 1. The summed E-state index contributed by atoms with van der Waals surface area (Å²) in [6.07, 6.45) is 3.56. The number of carbonyl (C=O) groups is 1. The van der Waals surface area contributed by atoms with Crippen LogP contribution in [-0.4, -0.2) is 35.1 Å². The Morgan fingerprint density at radius 3 is 2.71 bits per heavy atom. The van der Waals surface area contributed by atoms with Crippen molar-refractivity contribution in [1.82, 2.24) is 5.32 Å². The predicted octanol–water partition coefficient (Wildman–Crippen LogP) is 2.70. The van der Waals surface area contributed by atoms with Gasteiger partial charge in [-0.25, -0.2) is 0 Å². The number of aliphatic hydroxyl groups excluding tert-OH is 1. The molecule has 1 aromatic carbocycles. The zero-order valence-corrected chi connectivity index (χ0v) is 14.2. The molecule has 1 amide bonds. The van der Waals surface area contributed by atoms with E-state index in [9.17, 15) is 20.0 Å². The van der Waals surface area contributed by atoms with Crippen LogP contribution < -0.4 is 10.6 Å². The molecule has 0 atom stereocenters. The van der Waals surface area contributed by atoms with Gasteiger partial charge in [-0.1, -0.05) is 13.8 Å². The van der Waals surface area contributed by atoms with Crippen molar-refractivity contribution in [3.05, 3.63) is 33.9 Å². The molecule has 0 aliphatic heterocycles. The normalized spacial score (nSPS) is 14.3. The zero-order chi connectivity index (χ0) is 17.7. The van der Waals surface area contributed by atoms with Gasteiger partial charge in [-0.15, -0.1) is 0 Å². The molecule has 1 aliphatic carbocycles. The fraction of sp³-hybridized carbons (Fsp3) is 0.588. The predicted molar refractivity (Wildman–Crippen MR) is 92.2 cm³/mol. The first-order chi connectivity index (χ1) is 11.3. The summed E-state index contributed by atoms with van der Waals surface area (Å²) in [6, 6.07) is 4.82. The first-order valence-corrected chi connectivity index (χ1v) is 8.26. The summed E-state index contributed by atoms with van der Waals surface area (Å²) in [6.45, 7) is 4.49. The van der Waals surface area contributed by atoms with Crippen molar-refractivity contribution in [1.29, 1.82) is 0 Å². The highest BCUT2D eigenvalue weighted by Gasteiger charge is 2.25. The van der Waals surface area contributed by atoms with Crippen LogP contribution in [0.4, 0.5) is 11.4 Å². The van der Waals surface area contributed by atoms with E-state index in [1.807, 2.05) is 13.8 Å². The molecule has 24 heavy (non-hydrogen) atoms. The average Bonchev–Trinajstić information content (AvgIpc) is 3.35. The van der Waals surface area contributed by atoms with Crippen molar-refractivity contribution in [2.45, 2.75) is 45.6 Å². The van der Waals surface area contributed by atoms with E-state index in [0.29, 0.717) is 18.3 Å². The second-order valence-electron chi connectivity index (χ2n) is 7.09. The van der Waals surface area contributed by atoms with E-state index in [1.165, 1.54) is 6.07 Å². The summed E-state index contributed by atoms with van der Waals surface area (Å²) >= 11 is 0. The molecule has 7 heteroatoms. The lowest BCUT2D eigenvalue weighted by Gasteiger charge is -2.21. The van der Waals surface area contributed by atoms with E-state index in [-0.39, 0.29) is 29.2 Å². The maximum Gasteiger partial charge on any atom is 0.293 e. The topological polar surface area (TPSA) is 104 Å². The van der Waals surface area contributed by atoms with Crippen molar-refractivity contribution in [3.8, 4) is 0 Å². The molecule has 132 valence electrons. The van der Waals surface area contributed by atoms with E-state index in [2.05, 4.69) is 10.6 Å². The zero-order valence-electron chi connectivity index (χ0n) is 14.2. The lowest BCUT2D eigenvalue weighted by atomic mass is 9.89. The molecule has 1 fully saturated rings. The summed E-state index contributed by atoms with van der Waals surface area (Å²) in [5.74, 6) is -0.321. The molecule has 1 aliphatic rings. The number of nitro benzene ring substituents is 1. The van der Waals surface area contributed by atoms with Gasteiger partial charge in [0.1, 0.15) is 5.69 Å². The number of aliphatic hydroxyl groups is 1. The smallest absolute Gasteiger partial charge is 0.293 e. The lowest BCUT2D eigenvalue weighted by Crippen LogP contribution is -2.26. The number of rotatable bonds is 9. The summed E-state index contributed by atoms with van der Waals surface area (Å²) < 4.78 is 0. The van der Waals surface area contributed by atoms with E-state index in [4.69, 9.17) is 0 Å². The summed E-state index contributed by atoms with van der Waals surface area (Å²) in [4.78, 5) is 22.9. The molecule has 0 heterocycles. The Kier molecular flexibility index (Phi) is 5.77. The number of hydrogen-bond acceptors (Lipinski definition) is 5. The van der Waals surface area contributed by atoms with Crippen molar-refractivity contribution < 1.29 is 14.8 Å². The van der Waals surface area contributed by atoms with E-state index in [0.717, 1.165) is 25.7 Å². The standard InChI is InChI=1S/C17H25N3O4/c1-17(2,11-21)8-3-9-18-16(22)12-4-7-14(19-13-5-6-13)15(10-12)20(23)24/h4,7,10,13,19,21H,3,5-6,8-9,11H2,1-2H3,(H,18,22). The van der Waals surface area contributed by atoms with Crippen LogP contribution in [0.25, 0.3) is 0 Å². The third-order valence-corrected chi connectivity index (χ3v) is 4.14. The number of nitrogens with zero attached hydrogens (tertiary/aromatic N) is 1. The highest BCUT2D eigenvalue weighted by molar-refractivity contribution is 5.95. The molecule has 0 radical (unpaired) electrons. The molecule has 0 bridgehead atoms. The first-order valence-electron chi connectivity index (χ1n) is 8.26. The number of nitrogens with one attached hydrogen (secondary N) is 2. The monoisotopic (exact) mass is 335 g/mol. The van der Waals surface area contributed by atoms with Crippen molar-refractivity contribution >= 4 is 17.3 Å². The van der Waals surface area contributed by atoms with Gasteiger partial charge in [-0.05, 0) is 43.2 Å². The largest absolute Gasteiger partial charge is 0.396 e. The highest BCUT2D eigenvalue weighted by Crippen LogP contribution is 2.31. The molecule has 0 saturated heterocycles. The maximum absolute atomic E-state index is 12.2. The second-order valence-corrected chi connectivity index (χ2v) is 7.09. The van der Waals surface area contributed by atoms with Crippen LogP contribution in [0, 0.1) is 15.5 Å². The van der Waals surface area contributed by atoms with Crippen LogP contribution >= 0.6 is 0 Å².